The van der Waals surface area contributed by atoms with Gasteiger partial charge in [-0.25, -0.2) is 4.79 Å². The van der Waals surface area contributed by atoms with Crippen LogP contribution in [0.25, 0.3) is 0 Å². The van der Waals surface area contributed by atoms with Gasteiger partial charge in [-0.2, -0.15) is 0 Å². The zero-order valence-corrected chi connectivity index (χ0v) is 8.25. The lowest BCUT2D eigenvalue weighted by atomic mass is 9.95. The van der Waals surface area contributed by atoms with Gasteiger partial charge in [0.15, 0.2) is 11.5 Å². The van der Waals surface area contributed by atoms with Crippen molar-refractivity contribution >= 4 is 11.8 Å². The number of esters is 1. The molecule has 0 bridgehead atoms. The first-order valence-corrected chi connectivity index (χ1v) is 4.68. The van der Waals surface area contributed by atoms with E-state index in [4.69, 9.17) is 9.47 Å². The van der Waals surface area contributed by atoms with E-state index < -0.39 is 11.8 Å². The molecule has 0 amide bonds. The molecule has 76 valence electrons. The minimum atomic E-state index is -1.01. The van der Waals surface area contributed by atoms with Gasteiger partial charge in [0.05, 0.1) is 5.57 Å². The average Bonchev–Trinajstić information content (AvgIpc) is 2.05. The summed E-state index contributed by atoms with van der Waals surface area (Å²) in [7, 11) is 0. The van der Waals surface area contributed by atoms with Crippen LogP contribution in [0, 0.1) is 0 Å². The van der Waals surface area contributed by atoms with E-state index in [2.05, 4.69) is 0 Å². The molecule has 1 heterocycles. The molecule has 2 rings (SSSR count). The number of allylic oxidation sites excluding steroid dienone is 1. The molecule has 0 aromatic carbocycles. The number of hydrogen-bond acceptors (Lipinski definition) is 4. The Balaban J connectivity index is 2.41. The number of rotatable bonds is 0. The van der Waals surface area contributed by atoms with Crippen molar-refractivity contribution in [2.24, 2.45) is 0 Å². The quantitative estimate of drug-likeness (QED) is 0.548. The predicted molar refractivity (Wildman–Crippen MR) is 47.1 cm³/mol. The van der Waals surface area contributed by atoms with E-state index in [1.54, 1.807) is 13.8 Å². The minimum absolute atomic E-state index is 0.0871. The van der Waals surface area contributed by atoms with Crippen LogP contribution < -0.4 is 0 Å². The van der Waals surface area contributed by atoms with Crippen molar-refractivity contribution in [1.29, 1.82) is 0 Å². The second-order valence-corrected chi connectivity index (χ2v) is 3.98. The van der Waals surface area contributed by atoms with Crippen LogP contribution in [0.15, 0.2) is 11.3 Å². The van der Waals surface area contributed by atoms with Crippen LogP contribution >= 0.6 is 0 Å². The van der Waals surface area contributed by atoms with Crippen LogP contribution in [0.4, 0.5) is 0 Å². The number of carbonyl (C=O) groups is 2. The highest BCUT2D eigenvalue weighted by atomic mass is 16.7. The molecule has 4 nitrogen and oxygen atoms in total. The molecular formula is C10H12O4. The summed E-state index contributed by atoms with van der Waals surface area (Å²) in [5.41, 5.74) is 0.403. The topological polar surface area (TPSA) is 52.6 Å². The third-order valence-electron chi connectivity index (χ3n) is 2.29. The molecule has 0 aromatic rings. The normalized spacial score (nSPS) is 25.3. The largest absolute Gasteiger partial charge is 0.449 e. The monoisotopic (exact) mass is 196 g/mol. The average molecular weight is 196 g/mol. The number of hydrogen-bond donors (Lipinski definition) is 0. The van der Waals surface area contributed by atoms with Gasteiger partial charge in [0, 0.05) is 20.3 Å². The second kappa shape index (κ2) is 2.83. The summed E-state index contributed by atoms with van der Waals surface area (Å²) in [4.78, 5) is 22.9. The lowest BCUT2D eigenvalue weighted by Crippen LogP contribution is -2.39. The van der Waals surface area contributed by atoms with E-state index in [0.29, 0.717) is 24.8 Å². The lowest BCUT2D eigenvalue weighted by Gasteiger charge is -2.34. The first kappa shape index (κ1) is 9.24. The Morgan fingerprint density at radius 1 is 1.14 bits per heavy atom. The van der Waals surface area contributed by atoms with E-state index in [9.17, 15) is 9.59 Å². The van der Waals surface area contributed by atoms with Crippen LogP contribution in [-0.2, 0) is 19.1 Å². The maximum absolute atomic E-state index is 11.5. The SMILES string of the molecule is CC1(C)OC(=O)C2=C(O1)C(=O)CCC2. The van der Waals surface area contributed by atoms with Gasteiger partial charge in [0.25, 0.3) is 0 Å². The van der Waals surface area contributed by atoms with E-state index in [-0.39, 0.29) is 11.5 Å². The molecule has 1 aliphatic carbocycles. The summed E-state index contributed by atoms with van der Waals surface area (Å²) in [5, 5.41) is 0. The van der Waals surface area contributed by atoms with Gasteiger partial charge in [0.2, 0.25) is 5.79 Å². The summed E-state index contributed by atoms with van der Waals surface area (Å²) >= 11 is 0. The number of carbonyl (C=O) groups excluding carboxylic acids is 2. The highest BCUT2D eigenvalue weighted by Crippen LogP contribution is 2.33. The first-order chi connectivity index (χ1) is 6.49. The molecule has 0 spiro atoms. The molecule has 2 aliphatic rings. The molecule has 0 unspecified atom stereocenters. The van der Waals surface area contributed by atoms with Crippen molar-refractivity contribution in [2.75, 3.05) is 0 Å². The molecular weight excluding hydrogens is 184 g/mol. The van der Waals surface area contributed by atoms with Crippen LogP contribution in [0.2, 0.25) is 0 Å². The van der Waals surface area contributed by atoms with Gasteiger partial charge in [-0.15, -0.1) is 0 Å². The van der Waals surface area contributed by atoms with E-state index in [1.165, 1.54) is 0 Å². The molecule has 0 fully saturated rings. The lowest BCUT2D eigenvalue weighted by molar-refractivity contribution is -0.209. The van der Waals surface area contributed by atoms with Crippen LogP contribution in [0.1, 0.15) is 33.1 Å². The molecule has 0 atom stereocenters. The molecule has 0 radical (unpaired) electrons. The van der Waals surface area contributed by atoms with E-state index in [0.717, 1.165) is 0 Å². The van der Waals surface area contributed by atoms with E-state index >= 15 is 0 Å². The van der Waals surface area contributed by atoms with Gasteiger partial charge < -0.3 is 9.47 Å². The Morgan fingerprint density at radius 3 is 2.57 bits per heavy atom. The molecule has 0 N–H and O–H groups in total. The van der Waals surface area contributed by atoms with Gasteiger partial charge in [-0.3, -0.25) is 4.79 Å². The fraction of sp³-hybridized carbons (Fsp3) is 0.600. The molecule has 0 saturated heterocycles. The Labute approximate surface area is 81.9 Å². The van der Waals surface area contributed by atoms with Crippen molar-refractivity contribution in [1.82, 2.24) is 0 Å². The molecule has 4 heteroatoms. The molecule has 1 aliphatic heterocycles. The van der Waals surface area contributed by atoms with Crippen molar-refractivity contribution < 1.29 is 19.1 Å². The Kier molecular flexibility index (Phi) is 1.87. The third-order valence-corrected chi connectivity index (χ3v) is 2.29. The molecule has 0 saturated carbocycles. The fourth-order valence-electron chi connectivity index (χ4n) is 1.69. The Bertz CT molecular complexity index is 338. The second-order valence-electron chi connectivity index (χ2n) is 3.98. The van der Waals surface area contributed by atoms with Crippen molar-refractivity contribution in [3.05, 3.63) is 11.3 Å². The van der Waals surface area contributed by atoms with Crippen molar-refractivity contribution in [3.8, 4) is 0 Å². The Morgan fingerprint density at radius 2 is 1.86 bits per heavy atom. The number of ether oxygens (including phenoxy) is 2. The summed E-state index contributed by atoms with van der Waals surface area (Å²) in [6.07, 6.45) is 1.74. The Hall–Kier alpha value is -1.32. The van der Waals surface area contributed by atoms with Crippen LogP contribution in [0.5, 0.6) is 0 Å². The fourth-order valence-corrected chi connectivity index (χ4v) is 1.69. The highest BCUT2D eigenvalue weighted by molar-refractivity contribution is 6.04. The van der Waals surface area contributed by atoms with Gasteiger partial charge in [0.1, 0.15) is 0 Å². The maximum atomic E-state index is 11.5. The van der Waals surface area contributed by atoms with Gasteiger partial charge in [-0.05, 0) is 12.8 Å². The maximum Gasteiger partial charge on any atom is 0.341 e. The standard InChI is InChI=1S/C10H12O4/c1-10(2)13-8-6(9(12)14-10)4-3-5-7(8)11/h3-5H2,1-2H3. The molecule has 0 aromatic heterocycles. The smallest absolute Gasteiger partial charge is 0.341 e. The van der Waals surface area contributed by atoms with E-state index in [1.807, 2.05) is 0 Å². The van der Waals surface area contributed by atoms with Crippen LogP contribution in [-0.4, -0.2) is 17.5 Å². The van der Waals surface area contributed by atoms with Gasteiger partial charge >= 0.3 is 5.97 Å². The highest BCUT2D eigenvalue weighted by Gasteiger charge is 2.39. The zero-order valence-electron chi connectivity index (χ0n) is 8.25. The zero-order chi connectivity index (χ0) is 10.3. The summed E-state index contributed by atoms with van der Waals surface area (Å²) in [6.45, 7) is 3.24. The summed E-state index contributed by atoms with van der Waals surface area (Å²) < 4.78 is 10.4. The van der Waals surface area contributed by atoms with Crippen molar-refractivity contribution in [3.63, 3.8) is 0 Å². The minimum Gasteiger partial charge on any atom is -0.449 e. The summed E-state index contributed by atoms with van der Waals surface area (Å²) in [6, 6.07) is 0. The molecule has 14 heavy (non-hydrogen) atoms. The first-order valence-electron chi connectivity index (χ1n) is 4.68. The van der Waals surface area contributed by atoms with Crippen LogP contribution in [0.3, 0.4) is 0 Å². The number of ketones is 1. The van der Waals surface area contributed by atoms with Gasteiger partial charge in [-0.1, -0.05) is 0 Å². The van der Waals surface area contributed by atoms with Crippen molar-refractivity contribution in [2.45, 2.75) is 38.9 Å². The summed E-state index contributed by atoms with van der Waals surface area (Å²) in [5.74, 6) is -1.29. The number of Topliss-reactive ketones (excluding diaryl/α,β-unsaturated/α-hetero) is 1. The third kappa shape index (κ3) is 1.41. The predicted octanol–water partition coefficient (Wildman–Crippen LogP) is 1.30. The number of cyclic esters (lactones) is 1.